The lowest BCUT2D eigenvalue weighted by atomic mass is 10.2. The Hall–Kier alpha value is 1.12. The molecule has 41 heavy (non-hydrogen) atoms. The summed E-state index contributed by atoms with van der Waals surface area (Å²) in [5.41, 5.74) is -15.3. The van der Waals surface area contributed by atoms with Crippen LogP contribution in [-0.4, -0.2) is 106 Å². The summed E-state index contributed by atoms with van der Waals surface area (Å²) in [7, 11) is -59.1. The van der Waals surface area contributed by atoms with Crippen molar-refractivity contribution >= 4 is 60.8 Å². The van der Waals surface area contributed by atoms with Crippen molar-refractivity contribution in [2.24, 2.45) is 0 Å². The topological polar surface area (TPSA) is 484 Å². The molecule has 3 atom stereocenters. The summed E-state index contributed by atoms with van der Waals surface area (Å²) in [5, 5.41) is -5.34. The number of hydrogen-bond donors (Lipinski definition) is 16. The van der Waals surface area contributed by atoms with Crippen molar-refractivity contribution < 1.29 is 119 Å². The van der Waals surface area contributed by atoms with Gasteiger partial charge in [-0.25, -0.2) is 4.48 Å². The van der Waals surface area contributed by atoms with Gasteiger partial charge in [0.1, 0.15) is 0 Å². The molecule has 1 fully saturated rings. The molecule has 0 aromatic rings. The van der Waals surface area contributed by atoms with Gasteiger partial charge in [-0.2, -0.15) is 0 Å². The lowest BCUT2D eigenvalue weighted by molar-refractivity contribution is -0.953. The van der Waals surface area contributed by atoms with E-state index in [1.807, 2.05) is 0 Å². The SMILES string of the molecule is CC1CC([N+](C(P(=O)(O)O)P(=O)(O)O)(C(P(=O)(O)O)P(=O)(O)O)C(P(=O)(O)O)P(=O)(O)O)(P(=O)(O)O)P(=O)(O)O1.N. The van der Waals surface area contributed by atoms with Crippen LogP contribution in [0.2, 0.25) is 0 Å². The zero-order valence-corrected chi connectivity index (χ0v) is 26.8. The summed E-state index contributed by atoms with van der Waals surface area (Å²) < 4.78 is 101. The number of quaternary nitrogens is 1. The summed E-state index contributed by atoms with van der Waals surface area (Å²) in [6.45, 7) is 0.507. The zero-order valence-electron chi connectivity index (χ0n) is 19.6. The molecule has 0 spiro atoms. The molecule has 0 saturated carbocycles. The molecule has 0 bridgehead atoms. The Balaban J connectivity index is 0.0000160. The van der Waals surface area contributed by atoms with Gasteiger partial charge in [-0.15, -0.1) is 0 Å². The largest absolute Gasteiger partial charge is 0.401 e. The van der Waals surface area contributed by atoms with Crippen LogP contribution in [-0.2, 0) is 41.0 Å². The fourth-order valence-corrected chi connectivity index (χ4v) is 22.3. The molecule has 0 aromatic carbocycles. The van der Waals surface area contributed by atoms with Crippen molar-refractivity contribution in [3.8, 4) is 0 Å². The molecule has 0 radical (unpaired) electrons. The van der Waals surface area contributed by atoms with Crippen molar-refractivity contribution in [2.75, 3.05) is 0 Å². The maximum Gasteiger partial charge on any atom is 0.401 e. The second-order valence-electron chi connectivity index (χ2n) is 8.37. The van der Waals surface area contributed by atoms with Gasteiger partial charge in [-0.05, 0) is 6.92 Å². The normalized spacial score (nSPS) is 26.1. The van der Waals surface area contributed by atoms with Crippen LogP contribution in [0, 0.1) is 0 Å². The van der Waals surface area contributed by atoms with E-state index in [-0.39, 0.29) is 6.15 Å². The molecular weight excluding hydrogens is 744 g/mol. The van der Waals surface area contributed by atoms with Crippen molar-refractivity contribution in [2.45, 2.75) is 41.0 Å². The van der Waals surface area contributed by atoms with Gasteiger partial charge in [0.05, 0.1) is 12.5 Å². The Bertz CT molecular complexity index is 1220. The molecular formula is C7H27N2O24P8+. The zero-order chi connectivity index (χ0) is 32.7. The number of hydrogen-bond acceptors (Lipinski definition) is 10. The summed E-state index contributed by atoms with van der Waals surface area (Å²) in [6, 6.07) is 0. The Morgan fingerprint density at radius 1 is 0.634 bits per heavy atom. The van der Waals surface area contributed by atoms with Gasteiger partial charge in [0.2, 0.25) is 0 Å². The third-order valence-electron chi connectivity index (χ3n) is 5.37. The minimum Gasteiger partial charge on any atom is -0.344 e. The Kier molecular flexibility index (Phi) is 12.0. The van der Waals surface area contributed by atoms with Crippen molar-refractivity contribution in [1.82, 2.24) is 6.15 Å². The van der Waals surface area contributed by atoms with E-state index in [0.29, 0.717) is 6.92 Å². The van der Waals surface area contributed by atoms with Gasteiger partial charge >= 0.3 is 65.8 Å². The van der Waals surface area contributed by atoms with Gasteiger partial charge in [0.25, 0.3) is 16.6 Å². The molecule has 248 valence electrons. The van der Waals surface area contributed by atoms with Gasteiger partial charge in [-0.1, -0.05) is 0 Å². The average molecular weight is 771 g/mol. The first kappa shape index (κ1) is 42.1. The average Bonchev–Trinajstić information content (AvgIpc) is 2.75. The first-order valence-corrected chi connectivity index (χ1v) is 22.5. The number of rotatable bonds is 11. The second-order valence-corrected chi connectivity index (χ2v) is 23.8. The first-order valence-electron chi connectivity index (χ1n) is 9.21. The van der Waals surface area contributed by atoms with Crippen LogP contribution >= 0.6 is 60.8 Å². The fourth-order valence-electron chi connectivity index (χ4n) is 4.75. The van der Waals surface area contributed by atoms with Crippen LogP contribution in [0.5, 0.6) is 0 Å². The summed E-state index contributed by atoms with van der Waals surface area (Å²) in [4.78, 5) is 150. The van der Waals surface area contributed by atoms with E-state index in [2.05, 4.69) is 4.52 Å². The predicted octanol–water partition coefficient (Wildman–Crippen LogP) is -2.29. The summed E-state index contributed by atoms with van der Waals surface area (Å²) >= 11 is 0. The first-order chi connectivity index (χ1) is 16.9. The van der Waals surface area contributed by atoms with E-state index in [0.717, 1.165) is 0 Å². The molecule has 1 heterocycles. The third-order valence-corrected chi connectivity index (χ3v) is 21.8. The van der Waals surface area contributed by atoms with Crippen LogP contribution in [0.3, 0.4) is 0 Å². The minimum atomic E-state index is -7.44. The van der Waals surface area contributed by atoms with Crippen LogP contribution in [0.15, 0.2) is 0 Å². The Labute approximate surface area is 227 Å². The maximum absolute atomic E-state index is 13.4. The summed E-state index contributed by atoms with van der Waals surface area (Å²) in [5.74, 6) is 0. The fraction of sp³-hybridized carbons (Fsp3) is 1.00. The minimum absolute atomic E-state index is 0. The molecule has 3 unspecified atom stereocenters. The van der Waals surface area contributed by atoms with Gasteiger partial charge < -0.3 is 84.1 Å². The highest BCUT2D eigenvalue weighted by atomic mass is 31.3. The van der Waals surface area contributed by atoms with Crippen molar-refractivity contribution in [3.05, 3.63) is 0 Å². The van der Waals surface area contributed by atoms with Crippen LogP contribution in [0.25, 0.3) is 0 Å². The molecule has 26 nitrogen and oxygen atoms in total. The van der Waals surface area contributed by atoms with E-state index in [1.165, 1.54) is 0 Å². The highest BCUT2D eigenvalue weighted by Crippen LogP contribution is 2.91. The van der Waals surface area contributed by atoms with Gasteiger partial charge in [-0.3, -0.25) is 36.5 Å². The van der Waals surface area contributed by atoms with E-state index in [1.54, 1.807) is 0 Å². The van der Waals surface area contributed by atoms with Crippen LogP contribution in [0.1, 0.15) is 13.3 Å². The third kappa shape index (κ3) is 7.42. The van der Waals surface area contributed by atoms with E-state index >= 15 is 0 Å². The van der Waals surface area contributed by atoms with Crippen LogP contribution in [0.4, 0.5) is 0 Å². The van der Waals surface area contributed by atoms with Gasteiger partial charge in [0, 0.05) is 0 Å². The second kappa shape index (κ2) is 11.7. The predicted molar refractivity (Wildman–Crippen MR) is 129 cm³/mol. The van der Waals surface area contributed by atoms with Crippen molar-refractivity contribution in [3.63, 3.8) is 0 Å². The molecule has 0 aromatic heterocycles. The standard InChI is InChI=1S/C7H23NO24P8.H3N/c1-3-2-7(39(27,28)29,40(30,31)32-3)8(4(33(9,10)11)34(12,13)14,5(35(15,16)17)36(18,19)20)6(37(21,22)23)38(24,25)26;/h3-6H,2H2,1H3,(H14-,9,10,11,12,13,14,15,16,17,18,19,20,21,22,23,24,25,26,27,28,29,30,31);1H3/p+1. The highest BCUT2D eigenvalue weighted by molar-refractivity contribution is 7.75. The molecule has 18 N–H and O–H groups in total. The molecule has 1 saturated heterocycles. The molecule has 34 heteroatoms. The molecule has 0 amide bonds. The van der Waals surface area contributed by atoms with E-state index < -0.39 is 99.4 Å². The Morgan fingerprint density at radius 2 is 0.854 bits per heavy atom. The Morgan fingerprint density at radius 3 is 0.976 bits per heavy atom. The maximum atomic E-state index is 13.4. The quantitative estimate of drug-likeness (QED) is 0.0776. The molecule has 1 aliphatic rings. The van der Waals surface area contributed by atoms with Crippen molar-refractivity contribution in [1.29, 1.82) is 0 Å². The highest BCUT2D eigenvalue weighted by Gasteiger charge is 2.92. The summed E-state index contributed by atoms with van der Waals surface area (Å²) in [6.07, 6.45) is -4.59. The van der Waals surface area contributed by atoms with Crippen LogP contribution < -0.4 is 6.15 Å². The number of nitrogens with zero attached hydrogens (tertiary/aromatic N) is 1. The smallest absolute Gasteiger partial charge is 0.344 e. The van der Waals surface area contributed by atoms with E-state index in [4.69, 9.17) is 0 Å². The lowest BCUT2D eigenvalue weighted by Gasteiger charge is -2.58. The van der Waals surface area contributed by atoms with Gasteiger partial charge in [0.15, 0.2) is 0 Å². The molecule has 1 aliphatic heterocycles. The monoisotopic (exact) mass is 771 g/mol. The lowest BCUT2D eigenvalue weighted by Crippen LogP contribution is -2.74. The molecule has 0 aliphatic carbocycles. The molecule has 1 rings (SSSR count). The van der Waals surface area contributed by atoms with E-state index in [9.17, 15) is 110 Å².